The third-order valence-corrected chi connectivity index (χ3v) is 4.10. The predicted octanol–water partition coefficient (Wildman–Crippen LogP) is 1.43. The Bertz CT molecular complexity index is 779. The molecule has 8 nitrogen and oxygen atoms in total. The number of aromatic nitrogens is 4. The zero-order chi connectivity index (χ0) is 16.6. The lowest BCUT2D eigenvalue weighted by Gasteiger charge is -2.16. The number of rotatable bonds is 3. The van der Waals surface area contributed by atoms with Gasteiger partial charge in [-0.25, -0.2) is 9.59 Å². The Hall–Kier alpha value is -2.64. The highest BCUT2D eigenvalue weighted by atomic mass is 16.5. The summed E-state index contributed by atoms with van der Waals surface area (Å²) in [4.78, 5) is 26.4. The van der Waals surface area contributed by atoms with Crippen LogP contribution in [0.3, 0.4) is 0 Å². The van der Waals surface area contributed by atoms with Gasteiger partial charge in [0.25, 0.3) is 0 Å². The number of fused-ring (bicyclic) bond motifs is 1. The van der Waals surface area contributed by atoms with E-state index in [1.54, 1.807) is 6.26 Å². The van der Waals surface area contributed by atoms with E-state index >= 15 is 0 Å². The van der Waals surface area contributed by atoms with Crippen molar-refractivity contribution in [3.63, 3.8) is 0 Å². The van der Waals surface area contributed by atoms with Crippen LogP contribution >= 0.6 is 0 Å². The maximum Gasteiger partial charge on any atom is 0.377 e. The number of carbonyl (C=O) groups is 1. The molecule has 2 aliphatic rings. The first-order chi connectivity index (χ1) is 11.1. The summed E-state index contributed by atoms with van der Waals surface area (Å²) in [6.45, 7) is 6.68. The smallest absolute Gasteiger partial charge is 0.377 e. The molecule has 0 bridgehead atoms. The van der Waals surface area contributed by atoms with Crippen LogP contribution in [0.25, 0.3) is 5.70 Å². The van der Waals surface area contributed by atoms with E-state index in [0.29, 0.717) is 24.5 Å². The fourth-order valence-electron chi connectivity index (χ4n) is 2.90. The van der Waals surface area contributed by atoms with Gasteiger partial charge in [0.05, 0.1) is 12.0 Å². The minimum absolute atomic E-state index is 0.0579. The van der Waals surface area contributed by atoms with Crippen molar-refractivity contribution in [1.82, 2.24) is 24.7 Å². The molecule has 0 spiro atoms. The Balaban J connectivity index is 2.03. The second-order valence-corrected chi connectivity index (χ2v) is 5.50. The van der Waals surface area contributed by atoms with Gasteiger partial charge in [-0.3, -0.25) is 0 Å². The lowest BCUT2D eigenvalue weighted by atomic mass is 10.1. The van der Waals surface area contributed by atoms with Crippen LogP contribution in [0.15, 0.2) is 34.5 Å². The number of allylic oxidation sites excluding steroid dienone is 4. The van der Waals surface area contributed by atoms with E-state index in [4.69, 9.17) is 4.74 Å². The zero-order valence-corrected chi connectivity index (χ0v) is 13.4. The van der Waals surface area contributed by atoms with E-state index in [2.05, 4.69) is 10.4 Å². The third kappa shape index (κ3) is 2.39. The molecule has 1 amide bonds. The third-order valence-electron chi connectivity index (χ3n) is 4.10. The molecule has 2 heterocycles. The van der Waals surface area contributed by atoms with Crippen LogP contribution < -0.4 is 5.69 Å². The van der Waals surface area contributed by atoms with Crippen molar-refractivity contribution in [2.24, 2.45) is 5.92 Å². The monoisotopic (exact) mass is 317 g/mol. The molecule has 0 saturated carbocycles. The summed E-state index contributed by atoms with van der Waals surface area (Å²) < 4.78 is 7.52. The maximum absolute atomic E-state index is 12.6. The highest BCUT2D eigenvalue weighted by molar-refractivity contribution is 5.75. The van der Waals surface area contributed by atoms with E-state index in [9.17, 15) is 9.59 Å². The standard InChI is InChI=1S/C15H19N5O3/c1-4-18(5-2)14(21)20-15(22)19(16-17-20)12-10(3)9-11-7-6-8-23-13(11)12/h6-8,10H,4-5,9H2,1-3H3. The Labute approximate surface area is 133 Å². The average molecular weight is 317 g/mol. The maximum atomic E-state index is 12.6. The molecule has 122 valence electrons. The normalized spacial score (nSPS) is 19.4. The van der Waals surface area contributed by atoms with E-state index in [1.807, 2.05) is 32.9 Å². The molecule has 1 atom stereocenters. The quantitative estimate of drug-likeness (QED) is 0.788. The Kier molecular flexibility index (Phi) is 3.89. The molecule has 0 saturated heterocycles. The van der Waals surface area contributed by atoms with Crippen LogP contribution in [0.1, 0.15) is 27.2 Å². The minimum atomic E-state index is -0.573. The molecule has 0 radical (unpaired) electrons. The number of nitrogens with zero attached hydrogens (tertiary/aromatic N) is 5. The van der Waals surface area contributed by atoms with Gasteiger partial charge >= 0.3 is 11.7 Å². The van der Waals surface area contributed by atoms with Crippen LogP contribution in [-0.4, -0.2) is 43.8 Å². The van der Waals surface area contributed by atoms with E-state index < -0.39 is 11.7 Å². The molecular formula is C15H19N5O3. The summed E-state index contributed by atoms with van der Waals surface area (Å²) >= 11 is 0. The molecule has 3 rings (SSSR count). The van der Waals surface area contributed by atoms with Crippen molar-refractivity contribution >= 4 is 11.7 Å². The average Bonchev–Trinajstić information content (AvgIpc) is 3.07. The van der Waals surface area contributed by atoms with Crippen molar-refractivity contribution in [2.75, 3.05) is 13.1 Å². The summed E-state index contributed by atoms with van der Waals surface area (Å²) in [5.41, 5.74) is 1.09. The van der Waals surface area contributed by atoms with E-state index in [-0.39, 0.29) is 5.92 Å². The Morgan fingerprint density at radius 3 is 2.83 bits per heavy atom. The van der Waals surface area contributed by atoms with Crippen molar-refractivity contribution in [1.29, 1.82) is 0 Å². The molecule has 0 aromatic carbocycles. The van der Waals surface area contributed by atoms with Gasteiger partial charge in [-0.15, -0.1) is 4.68 Å². The zero-order valence-electron chi connectivity index (χ0n) is 13.4. The molecule has 1 unspecified atom stereocenters. The van der Waals surface area contributed by atoms with Crippen molar-refractivity contribution in [3.8, 4) is 0 Å². The van der Waals surface area contributed by atoms with Gasteiger partial charge in [0.1, 0.15) is 0 Å². The topological polar surface area (TPSA) is 82.2 Å². The van der Waals surface area contributed by atoms with Crippen LogP contribution in [-0.2, 0) is 4.74 Å². The number of hydrogen-bond donors (Lipinski definition) is 0. The lowest BCUT2D eigenvalue weighted by molar-refractivity contribution is 0.200. The number of amides is 1. The molecule has 0 N–H and O–H groups in total. The summed E-state index contributed by atoms with van der Waals surface area (Å²) in [6, 6.07) is -0.470. The SMILES string of the molecule is CCN(CC)C(=O)n1nnn(C2=C3OC=CC=C3CC2C)c1=O. The fraction of sp³-hybridized carbons (Fsp3) is 0.467. The highest BCUT2D eigenvalue weighted by Crippen LogP contribution is 2.40. The fourth-order valence-corrected chi connectivity index (χ4v) is 2.90. The molecule has 0 fully saturated rings. The van der Waals surface area contributed by atoms with Crippen LogP contribution in [0, 0.1) is 5.92 Å². The first-order valence-corrected chi connectivity index (χ1v) is 7.70. The molecule has 1 aliphatic heterocycles. The van der Waals surface area contributed by atoms with Crippen LogP contribution in [0.5, 0.6) is 0 Å². The van der Waals surface area contributed by atoms with Gasteiger partial charge in [0.15, 0.2) is 5.76 Å². The molecular weight excluding hydrogens is 298 g/mol. The molecule has 1 aromatic rings. The summed E-state index contributed by atoms with van der Waals surface area (Å²) in [5.74, 6) is 0.687. The lowest BCUT2D eigenvalue weighted by Crippen LogP contribution is -2.41. The summed E-state index contributed by atoms with van der Waals surface area (Å²) in [6.07, 6.45) is 6.10. The second-order valence-electron chi connectivity index (χ2n) is 5.50. The van der Waals surface area contributed by atoms with Crippen LogP contribution in [0.4, 0.5) is 4.79 Å². The highest BCUT2D eigenvalue weighted by Gasteiger charge is 2.33. The number of hydrogen-bond acceptors (Lipinski definition) is 5. The second kappa shape index (κ2) is 5.86. The van der Waals surface area contributed by atoms with Gasteiger partial charge in [0.2, 0.25) is 0 Å². The largest absolute Gasteiger partial charge is 0.463 e. The Morgan fingerprint density at radius 1 is 1.39 bits per heavy atom. The predicted molar refractivity (Wildman–Crippen MR) is 83.3 cm³/mol. The first-order valence-electron chi connectivity index (χ1n) is 7.70. The van der Waals surface area contributed by atoms with E-state index in [0.717, 1.165) is 16.7 Å². The number of ether oxygens (including phenoxy) is 1. The van der Waals surface area contributed by atoms with Gasteiger partial charge < -0.3 is 9.64 Å². The minimum Gasteiger partial charge on any atom is -0.463 e. The van der Waals surface area contributed by atoms with Crippen molar-refractivity contribution in [2.45, 2.75) is 27.2 Å². The van der Waals surface area contributed by atoms with Crippen molar-refractivity contribution in [3.05, 3.63) is 40.2 Å². The summed E-state index contributed by atoms with van der Waals surface area (Å²) in [5, 5.41) is 7.64. The Morgan fingerprint density at radius 2 is 2.13 bits per heavy atom. The molecule has 1 aliphatic carbocycles. The van der Waals surface area contributed by atoms with Crippen molar-refractivity contribution < 1.29 is 9.53 Å². The number of carbonyl (C=O) groups excluding carboxylic acids is 1. The number of tetrazole rings is 1. The van der Waals surface area contributed by atoms with E-state index in [1.165, 1.54) is 9.58 Å². The molecule has 1 aromatic heterocycles. The van der Waals surface area contributed by atoms with Gasteiger partial charge in [0, 0.05) is 19.0 Å². The van der Waals surface area contributed by atoms with Gasteiger partial charge in [-0.1, -0.05) is 13.0 Å². The van der Waals surface area contributed by atoms with Gasteiger partial charge in [-0.2, -0.15) is 4.68 Å². The first kappa shape index (κ1) is 15.3. The summed E-state index contributed by atoms with van der Waals surface area (Å²) in [7, 11) is 0. The molecule has 23 heavy (non-hydrogen) atoms. The van der Waals surface area contributed by atoms with Gasteiger partial charge in [-0.05, 0) is 42.3 Å². The van der Waals surface area contributed by atoms with Crippen LogP contribution in [0.2, 0.25) is 0 Å². The molecule has 8 heteroatoms.